The minimum Gasteiger partial charge on any atom is -0.398 e. The SMILES string of the molecule is CSc1ccc(C)c(N)c1SC. The van der Waals surface area contributed by atoms with Crippen molar-refractivity contribution in [1.29, 1.82) is 0 Å². The maximum Gasteiger partial charge on any atom is 0.0493 e. The van der Waals surface area contributed by atoms with Crippen LogP contribution in [0, 0.1) is 6.92 Å². The Morgan fingerprint density at radius 3 is 2.33 bits per heavy atom. The first-order valence-corrected chi connectivity index (χ1v) is 6.12. The molecule has 0 saturated carbocycles. The van der Waals surface area contributed by atoms with E-state index in [1.54, 1.807) is 23.5 Å². The molecule has 0 atom stereocenters. The zero-order valence-electron chi connectivity index (χ0n) is 7.55. The summed E-state index contributed by atoms with van der Waals surface area (Å²) in [6.45, 7) is 2.04. The fraction of sp³-hybridized carbons (Fsp3) is 0.333. The Bertz CT molecular complexity index is 284. The summed E-state index contributed by atoms with van der Waals surface area (Å²) in [6.07, 6.45) is 4.13. The summed E-state index contributed by atoms with van der Waals surface area (Å²) in [5.41, 5.74) is 8.02. The number of aryl methyl sites for hydroxylation is 1. The molecule has 1 rings (SSSR count). The molecular formula is C9H13NS2. The van der Waals surface area contributed by atoms with Crippen LogP contribution in [0.1, 0.15) is 5.56 Å². The van der Waals surface area contributed by atoms with Crippen molar-refractivity contribution in [2.24, 2.45) is 0 Å². The number of hydrogen-bond donors (Lipinski definition) is 1. The van der Waals surface area contributed by atoms with Gasteiger partial charge in [-0.3, -0.25) is 0 Å². The molecule has 0 aliphatic rings. The second-order valence-electron chi connectivity index (χ2n) is 2.53. The monoisotopic (exact) mass is 199 g/mol. The third-order valence-electron chi connectivity index (χ3n) is 1.80. The van der Waals surface area contributed by atoms with Crippen LogP contribution in [-0.4, -0.2) is 12.5 Å². The Labute approximate surface area is 82.1 Å². The summed E-state index contributed by atoms with van der Waals surface area (Å²) in [6, 6.07) is 4.20. The highest BCUT2D eigenvalue weighted by Gasteiger charge is 2.05. The Kier molecular flexibility index (Phi) is 3.35. The Morgan fingerprint density at radius 1 is 1.17 bits per heavy atom. The molecule has 0 unspecified atom stereocenters. The van der Waals surface area contributed by atoms with Crippen molar-refractivity contribution >= 4 is 29.2 Å². The van der Waals surface area contributed by atoms with Gasteiger partial charge >= 0.3 is 0 Å². The van der Waals surface area contributed by atoms with Gasteiger partial charge in [-0.05, 0) is 31.1 Å². The van der Waals surface area contributed by atoms with Crippen LogP contribution in [0.5, 0.6) is 0 Å². The second-order valence-corrected chi connectivity index (χ2v) is 4.20. The molecule has 1 nitrogen and oxygen atoms in total. The minimum absolute atomic E-state index is 0.925. The van der Waals surface area contributed by atoms with E-state index in [0.29, 0.717) is 0 Å². The summed E-state index contributed by atoms with van der Waals surface area (Å²) < 4.78 is 0. The van der Waals surface area contributed by atoms with Gasteiger partial charge in [0.05, 0.1) is 0 Å². The average molecular weight is 199 g/mol. The van der Waals surface area contributed by atoms with Gasteiger partial charge in [0.25, 0.3) is 0 Å². The van der Waals surface area contributed by atoms with Crippen LogP contribution in [0.2, 0.25) is 0 Å². The second kappa shape index (κ2) is 4.10. The van der Waals surface area contributed by atoms with Gasteiger partial charge in [0.2, 0.25) is 0 Å². The average Bonchev–Trinajstić information content (AvgIpc) is 2.09. The van der Waals surface area contributed by atoms with Crippen LogP contribution in [0.15, 0.2) is 21.9 Å². The molecule has 0 heterocycles. The summed E-state index contributed by atoms with van der Waals surface area (Å²) in [7, 11) is 0. The zero-order chi connectivity index (χ0) is 9.14. The van der Waals surface area contributed by atoms with E-state index in [1.807, 2.05) is 6.92 Å². The number of hydrogen-bond acceptors (Lipinski definition) is 3. The smallest absolute Gasteiger partial charge is 0.0493 e. The van der Waals surface area contributed by atoms with Crippen molar-refractivity contribution in [1.82, 2.24) is 0 Å². The lowest BCUT2D eigenvalue weighted by atomic mass is 10.2. The van der Waals surface area contributed by atoms with Gasteiger partial charge in [0, 0.05) is 15.5 Å². The van der Waals surface area contributed by atoms with Crippen molar-refractivity contribution in [2.45, 2.75) is 16.7 Å². The molecule has 0 bridgehead atoms. The number of rotatable bonds is 2. The van der Waals surface area contributed by atoms with Gasteiger partial charge in [0.15, 0.2) is 0 Å². The van der Waals surface area contributed by atoms with Crippen molar-refractivity contribution in [3.8, 4) is 0 Å². The van der Waals surface area contributed by atoms with Gasteiger partial charge in [-0.1, -0.05) is 6.07 Å². The number of thioether (sulfide) groups is 2. The van der Waals surface area contributed by atoms with Crippen molar-refractivity contribution in [3.63, 3.8) is 0 Å². The molecule has 12 heavy (non-hydrogen) atoms. The van der Waals surface area contributed by atoms with Crippen molar-refractivity contribution in [2.75, 3.05) is 18.2 Å². The van der Waals surface area contributed by atoms with Gasteiger partial charge in [-0.15, -0.1) is 23.5 Å². The Hall–Kier alpha value is -0.280. The van der Waals surface area contributed by atoms with E-state index in [0.717, 1.165) is 11.3 Å². The third kappa shape index (κ3) is 1.72. The summed E-state index contributed by atoms with van der Waals surface area (Å²) in [5.74, 6) is 0. The zero-order valence-corrected chi connectivity index (χ0v) is 9.18. The van der Waals surface area contributed by atoms with Crippen LogP contribution in [-0.2, 0) is 0 Å². The minimum atomic E-state index is 0.925. The van der Waals surface area contributed by atoms with Crippen LogP contribution in [0.3, 0.4) is 0 Å². The highest BCUT2D eigenvalue weighted by molar-refractivity contribution is 8.01. The molecule has 1 aromatic rings. The molecule has 0 fully saturated rings. The molecule has 0 amide bonds. The Morgan fingerprint density at radius 2 is 1.83 bits per heavy atom. The molecule has 66 valence electrons. The fourth-order valence-electron chi connectivity index (χ4n) is 1.05. The first-order chi connectivity index (χ1) is 5.70. The molecule has 1 aromatic carbocycles. The quantitative estimate of drug-likeness (QED) is 0.585. The van der Waals surface area contributed by atoms with E-state index in [2.05, 4.69) is 24.6 Å². The lowest BCUT2D eigenvalue weighted by molar-refractivity contribution is 1.23. The molecule has 0 saturated heterocycles. The summed E-state index contributed by atoms with van der Waals surface area (Å²) >= 11 is 3.46. The molecule has 2 N–H and O–H groups in total. The molecule has 0 spiro atoms. The predicted molar refractivity (Wildman–Crippen MR) is 59.2 cm³/mol. The van der Waals surface area contributed by atoms with Gasteiger partial charge in [-0.25, -0.2) is 0 Å². The van der Waals surface area contributed by atoms with Crippen LogP contribution < -0.4 is 5.73 Å². The Balaban J connectivity index is 3.25. The van der Waals surface area contributed by atoms with Crippen LogP contribution in [0.4, 0.5) is 5.69 Å². The number of nitrogens with two attached hydrogens (primary N) is 1. The maximum atomic E-state index is 5.94. The highest BCUT2D eigenvalue weighted by atomic mass is 32.2. The van der Waals surface area contributed by atoms with Crippen molar-refractivity contribution in [3.05, 3.63) is 17.7 Å². The number of benzene rings is 1. The molecule has 0 aliphatic carbocycles. The van der Waals surface area contributed by atoms with E-state index < -0.39 is 0 Å². The predicted octanol–water partition coefficient (Wildman–Crippen LogP) is 3.02. The van der Waals surface area contributed by atoms with E-state index >= 15 is 0 Å². The van der Waals surface area contributed by atoms with E-state index in [-0.39, 0.29) is 0 Å². The van der Waals surface area contributed by atoms with Crippen LogP contribution >= 0.6 is 23.5 Å². The largest absolute Gasteiger partial charge is 0.398 e. The molecule has 0 aromatic heterocycles. The first-order valence-electron chi connectivity index (χ1n) is 3.67. The van der Waals surface area contributed by atoms with E-state index in [1.165, 1.54) is 9.79 Å². The molecule has 0 radical (unpaired) electrons. The lowest BCUT2D eigenvalue weighted by Crippen LogP contribution is -1.93. The fourth-order valence-corrected chi connectivity index (χ4v) is 2.70. The lowest BCUT2D eigenvalue weighted by Gasteiger charge is -2.09. The number of anilines is 1. The standard InChI is InChI=1S/C9H13NS2/c1-6-4-5-7(11-2)9(12-3)8(6)10/h4-5H,10H2,1-3H3. The third-order valence-corrected chi connectivity index (χ3v) is 3.56. The van der Waals surface area contributed by atoms with E-state index in [4.69, 9.17) is 5.73 Å². The highest BCUT2D eigenvalue weighted by Crippen LogP contribution is 2.34. The summed E-state index contributed by atoms with van der Waals surface area (Å²) in [5, 5.41) is 0. The van der Waals surface area contributed by atoms with Gasteiger partial charge in [0.1, 0.15) is 0 Å². The molecule has 3 heteroatoms. The maximum absolute atomic E-state index is 5.94. The normalized spacial score (nSPS) is 10.2. The first kappa shape index (κ1) is 9.81. The molecular weight excluding hydrogens is 186 g/mol. The van der Waals surface area contributed by atoms with Crippen LogP contribution in [0.25, 0.3) is 0 Å². The van der Waals surface area contributed by atoms with Gasteiger partial charge < -0.3 is 5.73 Å². The van der Waals surface area contributed by atoms with Gasteiger partial charge in [-0.2, -0.15) is 0 Å². The summed E-state index contributed by atoms with van der Waals surface area (Å²) in [4.78, 5) is 2.48. The van der Waals surface area contributed by atoms with E-state index in [9.17, 15) is 0 Å². The topological polar surface area (TPSA) is 26.0 Å². The molecule has 0 aliphatic heterocycles. The van der Waals surface area contributed by atoms with Crippen molar-refractivity contribution < 1.29 is 0 Å². The number of nitrogen functional groups attached to an aromatic ring is 1.